The normalized spacial score (nSPS) is 10.9. The molecule has 0 fully saturated rings. The Morgan fingerprint density at radius 3 is 2.27 bits per heavy atom. The van der Waals surface area contributed by atoms with E-state index in [9.17, 15) is 9.59 Å². The third kappa shape index (κ3) is 7.08. The zero-order valence-electron chi connectivity index (χ0n) is 7.63. The van der Waals surface area contributed by atoms with E-state index < -0.39 is 14.1 Å². The fraction of sp³-hybridized carbons (Fsp3) is 0.500. The van der Waals surface area contributed by atoms with Gasteiger partial charge in [-0.05, 0) is 60.6 Å². The van der Waals surface area contributed by atoms with Crippen LogP contribution in [0.25, 0.3) is 0 Å². The Hall–Kier alpha value is 0.120. The number of esters is 1. The van der Waals surface area contributed by atoms with Gasteiger partial charge in [0.15, 0.2) is 0 Å². The summed E-state index contributed by atoms with van der Waals surface area (Å²) in [6.07, 6.45) is 0.725. The molecule has 0 saturated heterocycles. The number of ether oxygens (including phenoxy) is 1. The van der Waals surface area contributed by atoms with Gasteiger partial charge in [-0.3, -0.25) is 0 Å². The van der Waals surface area contributed by atoms with Crippen LogP contribution in [0.3, 0.4) is 0 Å². The van der Waals surface area contributed by atoms with Crippen LogP contribution < -0.4 is 0 Å². The van der Waals surface area contributed by atoms with Crippen LogP contribution in [0.5, 0.6) is 0 Å². The second-order valence-electron chi connectivity index (χ2n) is 2.65. The fourth-order valence-corrected chi connectivity index (χ4v) is 0.983. The van der Waals surface area contributed by atoms with E-state index in [0.29, 0.717) is 12.8 Å². The number of aliphatic carboxylic acids is 1. The van der Waals surface area contributed by atoms with Gasteiger partial charge in [0, 0.05) is 5.57 Å². The highest BCUT2D eigenvalue weighted by Gasteiger charge is 2.30. The van der Waals surface area contributed by atoms with Gasteiger partial charge in [0.2, 0.25) is 2.14 Å². The molecule has 15 heavy (non-hydrogen) atoms. The van der Waals surface area contributed by atoms with Gasteiger partial charge in [-0.2, -0.15) is 0 Å². The molecule has 0 heterocycles. The summed E-state index contributed by atoms with van der Waals surface area (Å²) in [5.41, 5.74) is 0.105. The van der Waals surface area contributed by atoms with Crippen LogP contribution in [-0.4, -0.2) is 25.8 Å². The smallest absolute Gasteiger partial charge is 0.344 e. The highest BCUT2D eigenvalue weighted by Crippen LogP contribution is 2.34. The van der Waals surface area contributed by atoms with Gasteiger partial charge >= 0.3 is 11.9 Å². The largest absolute Gasteiger partial charge is 0.478 e. The predicted octanol–water partition coefficient (Wildman–Crippen LogP) is 2.79. The summed E-state index contributed by atoms with van der Waals surface area (Å²) in [7, 11) is 0. The van der Waals surface area contributed by atoms with E-state index in [1.165, 1.54) is 0 Å². The standard InChI is InChI=1S/C8H9Br3O4/c1-5(6(12)13)3-2-4-15-7(14)8(9,10)11/h1-4H2,(H,12,13). The van der Waals surface area contributed by atoms with Gasteiger partial charge in [0.1, 0.15) is 0 Å². The van der Waals surface area contributed by atoms with Crippen LogP contribution in [0.15, 0.2) is 12.2 Å². The lowest BCUT2D eigenvalue weighted by Crippen LogP contribution is -2.20. The molecule has 0 aromatic rings. The lowest BCUT2D eigenvalue weighted by molar-refractivity contribution is -0.141. The summed E-state index contributed by atoms with van der Waals surface area (Å²) >= 11 is 8.99. The lowest BCUT2D eigenvalue weighted by Gasteiger charge is -2.11. The first-order valence-electron chi connectivity index (χ1n) is 3.90. The molecule has 86 valence electrons. The summed E-state index contributed by atoms with van der Waals surface area (Å²) in [6.45, 7) is 3.50. The van der Waals surface area contributed by atoms with E-state index in [0.717, 1.165) is 0 Å². The molecule has 0 aromatic carbocycles. The molecule has 0 amide bonds. The van der Waals surface area contributed by atoms with Crippen LogP contribution >= 0.6 is 47.8 Å². The Kier molecular flexibility index (Phi) is 6.70. The molecule has 0 spiro atoms. The van der Waals surface area contributed by atoms with Crippen molar-refractivity contribution in [1.82, 2.24) is 0 Å². The number of hydrogen-bond donors (Lipinski definition) is 1. The molecule has 0 saturated carbocycles. The van der Waals surface area contributed by atoms with Crippen molar-refractivity contribution in [2.45, 2.75) is 15.0 Å². The van der Waals surface area contributed by atoms with Gasteiger partial charge in [0.25, 0.3) is 0 Å². The van der Waals surface area contributed by atoms with E-state index in [2.05, 4.69) is 54.4 Å². The van der Waals surface area contributed by atoms with Gasteiger partial charge < -0.3 is 9.84 Å². The first kappa shape index (κ1) is 15.1. The van der Waals surface area contributed by atoms with Crippen molar-refractivity contribution >= 4 is 59.7 Å². The van der Waals surface area contributed by atoms with Crippen molar-refractivity contribution in [1.29, 1.82) is 0 Å². The Morgan fingerprint density at radius 1 is 1.33 bits per heavy atom. The quantitative estimate of drug-likeness (QED) is 0.329. The number of carboxylic acids is 1. The third-order valence-corrected chi connectivity index (χ3v) is 2.36. The summed E-state index contributed by atoms with van der Waals surface area (Å²) in [5, 5.41) is 8.49. The van der Waals surface area contributed by atoms with Gasteiger partial charge in [-0.1, -0.05) is 6.58 Å². The highest BCUT2D eigenvalue weighted by molar-refractivity contribution is 9.40. The zero-order chi connectivity index (χ0) is 12.1. The molecule has 0 atom stereocenters. The molecular weight excluding hydrogens is 400 g/mol. The summed E-state index contributed by atoms with van der Waals surface area (Å²) in [6, 6.07) is 0. The number of alkyl halides is 3. The molecule has 7 heteroatoms. The Balaban J connectivity index is 3.69. The van der Waals surface area contributed by atoms with Gasteiger partial charge in [0.05, 0.1) is 6.61 Å². The van der Waals surface area contributed by atoms with E-state index >= 15 is 0 Å². The number of rotatable bonds is 5. The molecule has 0 aliphatic rings. The Labute approximate surface area is 112 Å². The molecule has 0 aromatic heterocycles. The van der Waals surface area contributed by atoms with Crippen LogP contribution in [-0.2, 0) is 14.3 Å². The van der Waals surface area contributed by atoms with Crippen molar-refractivity contribution in [3.05, 3.63) is 12.2 Å². The maximum atomic E-state index is 11.1. The van der Waals surface area contributed by atoms with Crippen molar-refractivity contribution in [3.63, 3.8) is 0 Å². The average molecular weight is 409 g/mol. The zero-order valence-corrected chi connectivity index (χ0v) is 12.4. The lowest BCUT2D eigenvalue weighted by atomic mass is 10.2. The summed E-state index contributed by atoms with van der Waals surface area (Å²) in [5.74, 6) is -1.56. The van der Waals surface area contributed by atoms with Crippen LogP contribution in [0, 0.1) is 0 Å². The first-order valence-corrected chi connectivity index (χ1v) is 6.28. The van der Waals surface area contributed by atoms with Gasteiger partial charge in [-0.25, -0.2) is 9.59 Å². The van der Waals surface area contributed by atoms with E-state index in [1.807, 2.05) is 0 Å². The molecule has 0 rings (SSSR count). The number of carboxylic acid groups (broad SMARTS) is 1. The number of carbonyl (C=O) groups excluding carboxylic acids is 1. The Bertz CT molecular complexity index is 270. The molecule has 0 unspecified atom stereocenters. The van der Waals surface area contributed by atoms with E-state index in [-0.39, 0.29) is 12.2 Å². The molecular formula is C8H9Br3O4. The average Bonchev–Trinajstić information content (AvgIpc) is 2.09. The highest BCUT2D eigenvalue weighted by atomic mass is 80.0. The maximum absolute atomic E-state index is 11.1. The minimum atomic E-state index is -1.07. The van der Waals surface area contributed by atoms with Crippen molar-refractivity contribution < 1.29 is 19.4 Å². The van der Waals surface area contributed by atoms with Crippen LogP contribution in [0.2, 0.25) is 0 Å². The number of carbonyl (C=O) groups is 2. The molecule has 0 aliphatic heterocycles. The minimum Gasteiger partial charge on any atom is -0.478 e. The molecule has 0 radical (unpaired) electrons. The topological polar surface area (TPSA) is 63.6 Å². The summed E-state index contributed by atoms with van der Waals surface area (Å²) < 4.78 is 3.75. The SMILES string of the molecule is C=C(CCCOC(=O)C(Br)(Br)Br)C(=O)O. The van der Waals surface area contributed by atoms with Crippen molar-refractivity contribution in [2.75, 3.05) is 6.61 Å². The molecule has 0 aliphatic carbocycles. The number of halogens is 3. The summed E-state index contributed by atoms with van der Waals surface area (Å²) in [4.78, 5) is 21.5. The third-order valence-electron chi connectivity index (χ3n) is 1.39. The predicted molar refractivity (Wildman–Crippen MR) is 66.5 cm³/mol. The van der Waals surface area contributed by atoms with E-state index in [1.54, 1.807) is 0 Å². The first-order chi connectivity index (χ1) is 6.75. The molecule has 0 bridgehead atoms. The van der Waals surface area contributed by atoms with E-state index in [4.69, 9.17) is 9.84 Å². The van der Waals surface area contributed by atoms with Crippen LogP contribution in [0.1, 0.15) is 12.8 Å². The second-order valence-corrected chi connectivity index (χ2v) is 9.41. The minimum absolute atomic E-state index is 0.105. The van der Waals surface area contributed by atoms with Gasteiger partial charge in [-0.15, -0.1) is 0 Å². The monoisotopic (exact) mass is 406 g/mol. The molecule has 4 nitrogen and oxygen atoms in total. The second kappa shape index (κ2) is 6.65. The molecule has 1 N–H and O–H groups in total. The fourth-order valence-electron chi connectivity index (χ4n) is 0.639. The maximum Gasteiger partial charge on any atom is 0.344 e. The van der Waals surface area contributed by atoms with Crippen molar-refractivity contribution in [2.24, 2.45) is 0 Å². The Morgan fingerprint density at radius 2 is 1.87 bits per heavy atom. The van der Waals surface area contributed by atoms with Crippen molar-refractivity contribution in [3.8, 4) is 0 Å². The number of hydrogen-bond acceptors (Lipinski definition) is 3. The van der Waals surface area contributed by atoms with Crippen LogP contribution in [0.4, 0.5) is 0 Å².